The van der Waals surface area contributed by atoms with Crippen molar-refractivity contribution in [1.82, 2.24) is 85.1 Å². The van der Waals surface area contributed by atoms with Crippen LogP contribution in [0.4, 0.5) is 0 Å². The highest BCUT2D eigenvalue weighted by molar-refractivity contribution is 6.02. The minimum atomic E-state index is -2.19. The predicted molar refractivity (Wildman–Crippen MR) is 520 cm³/mol. The Labute approximate surface area is 829 Å². The number of amides is 17. The third kappa shape index (κ3) is 46.5. The summed E-state index contributed by atoms with van der Waals surface area (Å²) in [6, 6.07) is -6.17. The fourth-order valence-corrected chi connectivity index (χ4v) is 14.6. The second-order valence-electron chi connectivity index (χ2n) is 36.4. The molecule has 0 aliphatic carbocycles. The van der Waals surface area contributed by atoms with Gasteiger partial charge in [0.05, 0.1) is 31.1 Å². The number of guanidine groups is 1. The first-order chi connectivity index (χ1) is 67.3. The quantitative estimate of drug-likeness (QED) is 0.0143. The fourth-order valence-electron chi connectivity index (χ4n) is 14.6. The zero-order valence-electron chi connectivity index (χ0n) is 82.4. The van der Waals surface area contributed by atoms with Crippen LogP contribution in [0.3, 0.4) is 0 Å². The first-order valence-corrected chi connectivity index (χ1v) is 47.5. The summed E-state index contributed by atoms with van der Waals surface area (Å²) in [6.45, 7) is 15.8. The van der Waals surface area contributed by atoms with E-state index < -0.39 is 296 Å². The number of carbonyl (C=O) groups is 20. The molecule has 0 bridgehead atoms. The second-order valence-corrected chi connectivity index (χ2v) is 36.4. The predicted octanol–water partition coefficient (Wildman–Crippen LogP) is -5.34. The topological polar surface area (TPSA) is 835 Å². The molecule has 0 radical (unpaired) electrons. The van der Waals surface area contributed by atoms with E-state index in [2.05, 4.69) is 85.1 Å². The molecule has 0 unspecified atom stereocenters. The van der Waals surface area contributed by atoms with Gasteiger partial charge in [-0.25, -0.2) is 4.79 Å². The Balaban J connectivity index is 2.07. The summed E-state index contributed by atoms with van der Waals surface area (Å²) in [6.07, 6.45) is -9.05. The van der Waals surface area contributed by atoms with Gasteiger partial charge in [-0.2, -0.15) is 0 Å². The number of unbranched alkanes of at least 4 members (excludes halogenated alkanes) is 2. The second kappa shape index (κ2) is 63.7. The van der Waals surface area contributed by atoms with Gasteiger partial charge in [-0.05, 0) is 156 Å². The molecular weight excluding hydrogens is 1870 g/mol. The van der Waals surface area contributed by atoms with E-state index in [4.69, 9.17) is 39.8 Å². The molecule has 0 saturated carbocycles. The number of carbonyl (C=O) groups excluding carboxylic acids is 17. The molecule has 0 saturated heterocycles. The van der Waals surface area contributed by atoms with Gasteiger partial charge in [-0.1, -0.05) is 135 Å². The molecule has 0 aromatic heterocycles. The summed E-state index contributed by atoms with van der Waals surface area (Å²) in [5.41, 5.74) is 35.5. The number of phenols is 1. The maximum atomic E-state index is 14.9. The van der Waals surface area contributed by atoms with E-state index >= 15 is 0 Å². The molecule has 17 amide bonds. The van der Waals surface area contributed by atoms with Crippen LogP contribution in [0.15, 0.2) is 84.9 Å². The number of aromatic hydroxyl groups is 1. The number of benzene rings is 3. The Morgan fingerprint density at radius 3 is 1.01 bits per heavy atom. The largest absolute Gasteiger partial charge is 0.508 e. The SMILES string of the molecule is CC[C@H](C)[C@H](NC(=O)[C@H](CCCNC(=N)N)NC(=O)[C@H](CCCCN)NC(=O)[C@H](CC(C)C)NC(=O)[C@H](CCC(=O)O)NC(=O)[C@H](CC(N)=O)NC(=O)[C@H](Cc1ccccc1)NC(=O)[C@H](CC(=O)O)NC(=O)[C@H](Cc1ccccc1)NC(=O)[C@@H](NC(=O)[C@H](CCC(N)=O)NC(=O)[C@H](CC(C)C)NC(=O)[C@H](Cc1ccc(O)cc1)NC(=O)[C@@H](N)C(C)C)[C@@H](C)O)C(=O)N[C@@H](CCCCN)C(=O)N[C@H](C(=O)O)[C@@H](C)O. The molecule has 3 aromatic carbocycles. The monoisotopic (exact) mass is 2010 g/mol. The fraction of sp³-hybridized carbons (Fsp3) is 0.585. The van der Waals surface area contributed by atoms with Crippen LogP contribution in [-0.2, 0) is 115 Å². The molecule has 794 valence electrons. The van der Waals surface area contributed by atoms with Crippen LogP contribution < -0.4 is 119 Å². The number of nitrogens with one attached hydrogen (secondary N) is 17. The third-order valence-electron chi connectivity index (χ3n) is 22.9. The molecule has 143 heavy (non-hydrogen) atoms. The molecule has 3 rings (SSSR count). The van der Waals surface area contributed by atoms with Crippen molar-refractivity contribution in [3.63, 3.8) is 0 Å². The molecule has 0 spiro atoms. The molecule has 0 aliphatic rings. The van der Waals surface area contributed by atoms with Crippen LogP contribution in [-0.4, -0.2) is 283 Å². The lowest BCUT2D eigenvalue weighted by molar-refractivity contribution is -0.145. The maximum absolute atomic E-state index is 14.9. The Morgan fingerprint density at radius 1 is 0.336 bits per heavy atom. The molecule has 49 nitrogen and oxygen atoms in total. The van der Waals surface area contributed by atoms with E-state index in [1.54, 1.807) is 79.7 Å². The summed E-state index contributed by atoms with van der Waals surface area (Å²) < 4.78 is 0. The van der Waals surface area contributed by atoms with Crippen LogP contribution in [0.5, 0.6) is 5.75 Å². The van der Waals surface area contributed by atoms with Gasteiger partial charge in [-0.3, -0.25) is 96.5 Å². The van der Waals surface area contributed by atoms with Gasteiger partial charge in [-0.15, -0.1) is 0 Å². The minimum absolute atomic E-state index is 0.0189. The Hall–Kier alpha value is -14.1. The van der Waals surface area contributed by atoms with Crippen molar-refractivity contribution >= 4 is 124 Å². The van der Waals surface area contributed by atoms with E-state index in [1.165, 1.54) is 60.7 Å². The van der Waals surface area contributed by atoms with E-state index in [9.17, 15) is 127 Å². The number of aliphatic carboxylic acids is 3. The number of carboxylic acid groups (broad SMARTS) is 3. The number of aliphatic hydroxyl groups excluding tert-OH is 2. The molecule has 0 aliphatic heterocycles. The summed E-state index contributed by atoms with van der Waals surface area (Å²) in [7, 11) is 0. The van der Waals surface area contributed by atoms with Crippen molar-refractivity contribution in [3.8, 4) is 5.75 Å². The normalized spacial score (nSPS) is 15.2. The number of hydrogen-bond acceptors (Lipinski definition) is 27. The average molecular weight is 2020 g/mol. The Kier molecular flexibility index (Phi) is 54.8. The number of carboxylic acids is 3. The number of hydrogen-bond donors (Lipinski definition) is 29. The molecule has 19 atom stereocenters. The molecule has 49 heteroatoms. The van der Waals surface area contributed by atoms with Crippen LogP contribution >= 0.6 is 0 Å². The molecule has 35 N–H and O–H groups in total. The van der Waals surface area contributed by atoms with Crippen LogP contribution in [0.25, 0.3) is 0 Å². The lowest BCUT2D eigenvalue weighted by atomic mass is 9.96. The lowest BCUT2D eigenvalue weighted by Gasteiger charge is -2.30. The van der Waals surface area contributed by atoms with Crippen molar-refractivity contribution in [1.29, 1.82) is 5.41 Å². The molecule has 3 aromatic rings. The smallest absolute Gasteiger partial charge is 0.328 e. The van der Waals surface area contributed by atoms with Gasteiger partial charge in [0.25, 0.3) is 0 Å². The molecular formula is C94H147N23O26. The summed E-state index contributed by atoms with van der Waals surface area (Å²) >= 11 is 0. The first-order valence-electron chi connectivity index (χ1n) is 47.5. The zero-order chi connectivity index (χ0) is 108. The lowest BCUT2D eigenvalue weighted by Crippen LogP contribution is -2.62. The summed E-state index contributed by atoms with van der Waals surface area (Å²) in [4.78, 5) is 280. The van der Waals surface area contributed by atoms with Gasteiger partial charge in [0.2, 0.25) is 100 Å². The van der Waals surface area contributed by atoms with Crippen LogP contribution in [0, 0.1) is 29.1 Å². The highest BCUT2D eigenvalue weighted by Gasteiger charge is 2.42. The first kappa shape index (κ1) is 123. The Bertz CT molecular complexity index is 4750. The number of aliphatic hydroxyl groups is 2. The van der Waals surface area contributed by atoms with Gasteiger partial charge in [0.15, 0.2) is 12.0 Å². The minimum Gasteiger partial charge on any atom is -0.508 e. The van der Waals surface area contributed by atoms with E-state index in [1.807, 2.05) is 0 Å². The molecule has 0 fully saturated rings. The standard InChI is InChI=1S/C94H147N23O26/c1-11-51(8)75(91(140)107-59(28-19-21-39-96)81(130)117-77(53(10)119)93(142)143)115-80(129)60(29-22-40-102-94(100)101)103-78(127)58(27-18-20-38-95)104-83(132)63(41-48(2)3)108-79(128)62(35-37-72(123)124)106-88(137)68(46-71(98)122)111-85(134)65(43-54-23-14-12-15-24-54)110-89(138)69(47-73(125)126)112-87(136)67(44-55-25-16-13-17-26-55)114-92(141)76(52(9)118)116-82(131)61(34-36-70(97)121)105-84(133)64(42-49(4)5)109-86(135)66(113-90(139)74(99)50(6)7)45-56-30-32-57(120)33-31-56/h12-17,23-26,30-33,48-53,58-69,74-77,118-120H,11,18-22,27-29,34-47,95-96,99H2,1-10H3,(H2,97,121)(H2,98,122)(H,103,127)(H,104,132)(H,105,133)(H,106,137)(H,107,140)(H,108,128)(H,109,135)(H,110,138)(H,111,134)(H,112,136)(H,113,139)(H,114,141)(H,115,129)(H,116,131)(H,117,130)(H,123,124)(H,125,126)(H,142,143)(H4,100,101,102)/t51-,52+,53+,58-,59-,60-,61-,62-,63-,64-,65-,66-,67-,68-,69-,74-,75-,76-,77-/m0/s1. The maximum Gasteiger partial charge on any atom is 0.328 e. The Morgan fingerprint density at radius 2 is 0.650 bits per heavy atom. The van der Waals surface area contributed by atoms with Gasteiger partial charge in [0, 0.05) is 38.6 Å². The van der Waals surface area contributed by atoms with E-state index in [0.29, 0.717) is 17.5 Å². The van der Waals surface area contributed by atoms with Crippen molar-refractivity contribution in [2.75, 3.05) is 19.6 Å². The summed E-state index contributed by atoms with van der Waals surface area (Å²) in [5.74, 6) is -26.1. The number of phenolic OH excluding ortho intramolecular Hbond substituents is 1. The number of rotatable bonds is 68. The van der Waals surface area contributed by atoms with Crippen molar-refractivity contribution in [3.05, 3.63) is 102 Å². The van der Waals surface area contributed by atoms with Crippen LogP contribution in [0.1, 0.15) is 195 Å². The summed E-state index contributed by atoms with van der Waals surface area (Å²) in [5, 5.41) is 109. The molecule has 0 heterocycles. The van der Waals surface area contributed by atoms with Crippen LogP contribution in [0.2, 0.25) is 0 Å². The van der Waals surface area contributed by atoms with Crippen molar-refractivity contribution < 1.29 is 127 Å². The number of primary amides is 2. The van der Waals surface area contributed by atoms with E-state index in [0.717, 1.165) is 13.8 Å². The van der Waals surface area contributed by atoms with Gasteiger partial charge in [0.1, 0.15) is 90.3 Å². The van der Waals surface area contributed by atoms with Crippen molar-refractivity contribution in [2.45, 2.75) is 307 Å². The highest BCUT2D eigenvalue weighted by atomic mass is 16.4. The van der Waals surface area contributed by atoms with Crippen molar-refractivity contribution in [2.24, 2.45) is 58.1 Å². The third-order valence-corrected chi connectivity index (χ3v) is 22.9. The van der Waals surface area contributed by atoms with Gasteiger partial charge < -0.3 is 150 Å². The highest BCUT2D eigenvalue weighted by Crippen LogP contribution is 2.20. The number of nitrogens with two attached hydrogens (primary N) is 6. The van der Waals surface area contributed by atoms with Gasteiger partial charge >= 0.3 is 17.9 Å². The zero-order valence-corrected chi connectivity index (χ0v) is 82.4. The average Bonchev–Trinajstić information content (AvgIpc) is 0.842. The van der Waals surface area contributed by atoms with E-state index in [-0.39, 0.29) is 113 Å².